The third-order valence-corrected chi connectivity index (χ3v) is 7.20. The fourth-order valence-electron chi connectivity index (χ4n) is 3.76. The second-order valence-corrected chi connectivity index (χ2v) is 9.20. The standard InChI is InChI=1S/C20H20N6O5S/c27-20(24-14-3-6-19(22-11-14)25-13-21-12-23-25)16-2-1-7-26(16)32(28,29)15-4-5-17-18(10-15)31-9-8-30-17/h3-6,10-13,16H,1-2,7-9H2,(H,24,27)/t16-/m1/s1. The van der Waals surface area contributed by atoms with Crippen LogP contribution in [0.4, 0.5) is 5.69 Å². The Bertz CT molecular complexity index is 1230. The van der Waals surface area contributed by atoms with Crippen molar-refractivity contribution in [3.8, 4) is 17.3 Å². The van der Waals surface area contributed by atoms with Crippen LogP contribution in [-0.4, -0.2) is 64.2 Å². The molecule has 0 spiro atoms. The smallest absolute Gasteiger partial charge is 0.243 e. The van der Waals surface area contributed by atoms with Gasteiger partial charge in [-0.15, -0.1) is 0 Å². The van der Waals surface area contributed by atoms with E-state index in [1.807, 2.05) is 0 Å². The Hall–Kier alpha value is -3.51. The van der Waals surface area contributed by atoms with Crippen LogP contribution in [0, 0.1) is 0 Å². The van der Waals surface area contributed by atoms with Gasteiger partial charge < -0.3 is 14.8 Å². The number of rotatable bonds is 5. The van der Waals surface area contributed by atoms with Gasteiger partial charge in [-0.05, 0) is 37.1 Å². The molecule has 12 heteroatoms. The summed E-state index contributed by atoms with van der Waals surface area (Å²) in [5, 5.41) is 6.76. The first-order valence-electron chi connectivity index (χ1n) is 10.1. The number of nitrogens with zero attached hydrogens (tertiary/aromatic N) is 5. The number of nitrogens with one attached hydrogen (secondary N) is 1. The van der Waals surface area contributed by atoms with Crippen molar-refractivity contribution >= 4 is 21.6 Å². The molecule has 1 amide bonds. The van der Waals surface area contributed by atoms with Gasteiger partial charge in [-0.3, -0.25) is 4.79 Å². The molecule has 1 saturated heterocycles. The van der Waals surface area contributed by atoms with E-state index in [1.165, 1.54) is 40.0 Å². The van der Waals surface area contributed by atoms with Gasteiger partial charge >= 0.3 is 0 Å². The van der Waals surface area contributed by atoms with Crippen LogP contribution >= 0.6 is 0 Å². The van der Waals surface area contributed by atoms with E-state index >= 15 is 0 Å². The highest BCUT2D eigenvalue weighted by Gasteiger charge is 2.40. The zero-order chi connectivity index (χ0) is 22.1. The van der Waals surface area contributed by atoms with Crippen molar-refractivity contribution in [2.45, 2.75) is 23.8 Å². The number of hydrogen-bond acceptors (Lipinski definition) is 8. The van der Waals surface area contributed by atoms with E-state index in [2.05, 4.69) is 20.4 Å². The van der Waals surface area contributed by atoms with Crippen LogP contribution in [-0.2, 0) is 14.8 Å². The first-order chi connectivity index (χ1) is 15.5. The summed E-state index contributed by atoms with van der Waals surface area (Å²) in [6.45, 7) is 1.04. The molecule has 32 heavy (non-hydrogen) atoms. The Kier molecular flexibility index (Phi) is 5.23. The zero-order valence-corrected chi connectivity index (χ0v) is 17.7. The summed E-state index contributed by atoms with van der Waals surface area (Å²) in [6, 6.07) is 7.05. The molecule has 166 valence electrons. The van der Waals surface area contributed by atoms with Crippen LogP contribution in [0.1, 0.15) is 12.8 Å². The lowest BCUT2D eigenvalue weighted by atomic mass is 10.2. The van der Waals surface area contributed by atoms with Crippen LogP contribution in [0.5, 0.6) is 11.5 Å². The van der Waals surface area contributed by atoms with E-state index in [4.69, 9.17) is 9.47 Å². The highest BCUT2D eigenvalue weighted by Crippen LogP contribution is 2.35. The van der Waals surface area contributed by atoms with Crippen LogP contribution in [0.3, 0.4) is 0 Å². The van der Waals surface area contributed by atoms with Gasteiger partial charge in [0, 0.05) is 12.6 Å². The van der Waals surface area contributed by atoms with Gasteiger partial charge in [0.1, 0.15) is 31.9 Å². The van der Waals surface area contributed by atoms with Crippen molar-refractivity contribution in [3.05, 3.63) is 49.2 Å². The minimum absolute atomic E-state index is 0.0697. The highest BCUT2D eigenvalue weighted by molar-refractivity contribution is 7.89. The minimum atomic E-state index is -3.89. The Morgan fingerprint density at radius 2 is 1.97 bits per heavy atom. The quantitative estimate of drug-likeness (QED) is 0.607. The molecule has 2 aromatic heterocycles. The van der Waals surface area contributed by atoms with Crippen LogP contribution < -0.4 is 14.8 Å². The minimum Gasteiger partial charge on any atom is -0.486 e. The molecule has 0 saturated carbocycles. The Balaban J connectivity index is 1.33. The second-order valence-electron chi connectivity index (χ2n) is 7.31. The number of sulfonamides is 1. The number of carbonyl (C=O) groups excluding carboxylic acids is 1. The molecule has 1 aromatic carbocycles. The second kappa shape index (κ2) is 8.20. The molecule has 2 aliphatic rings. The van der Waals surface area contributed by atoms with Crippen molar-refractivity contribution in [2.24, 2.45) is 0 Å². The highest BCUT2D eigenvalue weighted by atomic mass is 32.2. The monoisotopic (exact) mass is 456 g/mol. The number of carbonyl (C=O) groups is 1. The number of pyridine rings is 1. The Morgan fingerprint density at radius 1 is 1.12 bits per heavy atom. The number of hydrogen-bond donors (Lipinski definition) is 1. The molecule has 5 rings (SSSR count). The topological polar surface area (TPSA) is 129 Å². The number of anilines is 1. The lowest BCUT2D eigenvalue weighted by molar-refractivity contribution is -0.119. The van der Waals surface area contributed by atoms with E-state index in [9.17, 15) is 13.2 Å². The van der Waals surface area contributed by atoms with Crippen molar-refractivity contribution in [1.29, 1.82) is 0 Å². The third-order valence-electron chi connectivity index (χ3n) is 5.30. The lowest BCUT2D eigenvalue weighted by Gasteiger charge is -2.24. The predicted octanol–water partition coefficient (Wildman–Crippen LogP) is 1.23. The zero-order valence-electron chi connectivity index (χ0n) is 16.9. The van der Waals surface area contributed by atoms with E-state index in [1.54, 1.807) is 18.2 Å². The van der Waals surface area contributed by atoms with Crippen LogP contribution in [0.25, 0.3) is 5.82 Å². The third kappa shape index (κ3) is 3.78. The van der Waals surface area contributed by atoms with Gasteiger partial charge in [-0.1, -0.05) is 0 Å². The van der Waals surface area contributed by atoms with Crippen molar-refractivity contribution in [3.63, 3.8) is 0 Å². The molecule has 1 N–H and O–H groups in total. The largest absolute Gasteiger partial charge is 0.486 e. The summed E-state index contributed by atoms with van der Waals surface area (Å²) in [4.78, 5) is 21.1. The summed E-state index contributed by atoms with van der Waals surface area (Å²) >= 11 is 0. The van der Waals surface area contributed by atoms with E-state index in [0.717, 1.165) is 0 Å². The average molecular weight is 456 g/mol. The molecule has 11 nitrogen and oxygen atoms in total. The molecule has 0 radical (unpaired) electrons. The van der Waals surface area contributed by atoms with Crippen molar-refractivity contribution in [1.82, 2.24) is 24.1 Å². The molecule has 4 heterocycles. The Morgan fingerprint density at radius 3 is 2.72 bits per heavy atom. The van der Waals surface area contributed by atoms with Gasteiger partial charge in [-0.25, -0.2) is 23.1 Å². The fraction of sp³-hybridized carbons (Fsp3) is 0.300. The molecular weight excluding hydrogens is 436 g/mol. The van der Waals surface area contributed by atoms with Crippen molar-refractivity contribution in [2.75, 3.05) is 25.1 Å². The summed E-state index contributed by atoms with van der Waals surface area (Å²) in [5.41, 5.74) is 0.461. The summed E-state index contributed by atoms with van der Waals surface area (Å²) in [7, 11) is -3.89. The molecule has 0 aliphatic carbocycles. The summed E-state index contributed by atoms with van der Waals surface area (Å²) < 4.78 is 40.3. The maximum atomic E-state index is 13.3. The predicted molar refractivity (Wildman–Crippen MR) is 112 cm³/mol. The first-order valence-corrected chi connectivity index (χ1v) is 11.5. The first kappa shape index (κ1) is 20.4. The normalized spacial score (nSPS) is 18.4. The van der Waals surface area contributed by atoms with Gasteiger partial charge in [-0.2, -0.15) is 9.40 Å². The summed E-state index contributed by atoms with van der Waals surface area (Å²) in [5.74, 6) is 1.03. The van der Waals surface area contributed by atoms with Crippen LogP contribution in [0.15, 0.2) is 54.1 Å². The van der Waals surface area contributed by atoms with Gasteiger partial charge in [0.25, 0.3) is 0 Å². The number of benzene rings is 1. The molecular formula is C20H20N6O5S. The van der Waals surface area contributed by atoms with Gasteiger partial charge in [0.05, 0.1) is 16.8 Å². The SMILES string of the molecule is O=C(Nc1ccc(-n2cncn2)nc1)[C@H]1CCCN1S(=O)(=O)c1ccc2c(c1)OCCO2. The number of aromatic nitrogens is 4. The molecule has 3 aromatic rings. The number of fused-ring (bicyclic) bond motifs is 1. The fourth-order valence-corrected chi connectivity index (χ4v) is 5.43. The van der Waals surface area contributed by atoms with E-state index in [0.29, 0.717) is 49.1 Å². The molecule has 1 fully saturated rings. The average Bonchev–Trinajstić information content (AvgIpc) is 3.52. The van der Waals surface area contributed by atoms with Gasteiger partial charge in [0.2, 0.25) is 15.9 Å². The molecule has 2 aliphatic heterocycles. The lowest BCUT2D eigenvalue weighted by Crippen LogP contribution is -2.43. The molecule has 1 atom stereocenters. The van der Waals surface area contributed by atoms with Crippen LogP contribution in [0.2, 0.25) is 0 Å². The van der Waals surface area contributed by atoms with E-state index in [-0.39, 0.29) is 11.4 Å². The maximum Gasteiger partial charge on any atom is 0.243 e. The van der Waals surface area contributed by atoms with E-state index < -0.39 is 22.0 Å². The maximum absolute atomic E-state index is 13.3. The van der Waals surface area contributed by atoms with Crippen molar-refractivity contribution < 1.29 is 22.7 Å². The molecule has 0 unspecified atom stereocenters. The number of amides is 1. The Labute approximate surface area is 184 Å². The van der Waals surface area contributed by atoms with Gasteiger partial charge in [0.15, 0.2) is 17.3 Å². The molecule has 0 bridgehead atoms. The number of ether oxygens (including phenoxy) is 2. The summed E-state index contributed by atoms with van der Waals surface area (Å²) in [6.07, 6.45) is 5.42.